The van der Waals surface area contributed by atoms with E-state index in [1.165, 1.54) is 37.9 Å². The van der Waals surface area contributed by atoms with Crippen LogP contribution in [0.4, 0.5) is 4.39 Å². The van der Waals surface area contributed by atoms with E-state index in [-0.39, 0.29) is 5.82 Å². The van der Waals surface area contributed by atoms with Gasteiger partial charge in [0.15, 0.2) is 0 Å². The van der Waals surface area contributed by atoms with E-state index in [1.807, 2.05) is 13.8 Å². The van der Waals surface area contributed by atoms with E-state index >= 15 is 0 Å². The van der Waals surface area contributed by atoms with Crippen molar-refractivity contribution in [3.8, 4) is 11.1 Å². The molecule has 0 bridgehead atoms. The molecular weight excluding hydrogens is 307 g/mol. The van der Waals surface area contributed by atoms with E-state index in [0.717, 1.165) is 16.7 Å². The summed E-state index contributed by atoms with van der Waals surface area (Å²) in [7, 11) is 0. The Balaban J connectivity index is 1.99. The first kappa shape index (κ1) is 14.4. The molecule has 0 nitrogen and oxygen atoms in total. The molecule has 0 aliphatic carbocycles. The third-order valence-corrected chi connectivity index (χ3v) is 5.30. The van der Waals surface area contributed by atoms with E-state index in [0.29, 0.717) is 0 Å². The summed E-state index contributed by atoms with van der Waals surface area (Å²) in [5.74, 6) is -0.170. The topological polar surface area (TPSA) is 0 Å². The van der Waals surface area contributed by atoms with Gasteiger partial charge < -0.3 is 0 Å². The smallest absolute Gasteiger partial charge is 0.123 e. The highest BCUT2D eigenvalue weighted by Crippen LogP contribution is 2.40. The average molecular weight is 324 g/mol. The highest BCUT2D eigenvalue weighted by atomic mass is 19.1. The monoisotopic (exact) mass is 324 g/mol. The summed E-state index contributed by atoms with van der Waals surface area (Å²) in [5, 5.41) is 7.63. The Bertz CT molecular complexity index is 1220. The fourth-order valence-corrected chi connectivity index (χ4v) is 4.29. The molecule has 0 amide bonds. The largest absolute Gasteiger partial charge is 0.207 e. The molecular formula is C24H17F. The fourth-order valence-electron chi connectivity index (χ4n) is 4.29. The third-order valence-electron chi connectivity index (χ3n) is 5.30. The zero-order valence-corrected chi connectivity index (χ0v) is 14.2. The second-order valence-electron chi connectivity index (χ2n) is 6.88. The van der Waals surface area contributed by atoms with Gasteiger partial charge in [0.1, 0.15) is 5.82 Å². The van der Waals surface area contributed by atoms with Gasteiger partial charge in [0.25, 0.3) is 0 Å². The van der Waals surface area contributed by atoms with Crippen LogP contribution < -0.4 is 0 Å². The molecule has 0 saturated carbocycles. The zero-order chi connectivity index (χ0) is 17.1. The molecule has 0 N–H and O–H groups in total. The van der Waals surface area contributed by atoms with Crippen molar-refractivity contribution in [2.24, 2.45) is 0 Å². The quantitative estimate of drug-likeness (QED) is 0.291. The second-order valence-corrected chi connectivity index (χ2v) is 6.88. The first-order valence-corrected chi connectivity index (χ1v) is 8.57. The Morgan fingerprint density at radius 3 is 1.88 bits per heavy atom. The van der Waals surface area contributed by atoms with Gasteiger partial charge in [-0.05, 0) is 80.6 Å². The normalized spacial score (nSPS) is 11.8. The molecule has 0 aliphatic rings. The maximum Gasteiger partial charge on any atom is 0.123 e. The van der Waals surface area contributed by atoms with Crippen molar-refractivity contribution < 1.29 is 4.39 Å². The molecule has 0 atom stereocenters. The molecule has 25 heavy (non-hydrogen) atoms. The van der Waals surface area contributed by atoms with Crippen LogP contribution in [0.5, 0.6) is 0 Å². The maximum atomic E-state index is 13.8. The second kappa shape index (κ2) is 5.03. The zero-order valence-electron chi connectivity index (χ0n) is 14.2. The lowest BCUT2D eigenvalue weighted by Crippen LogP contribution is -1.93. The van der Waals surface area contributed by atoms with Crippen LogP contribution in [0.25, 0.3) is 43.4 Å². The molecule has 0 aromatic heterocycles. The van der Waals surface area contributed by atoms with E-state index < -0.39 is 0 Å². The molecule has 0 spiro atoms. The highest BCUT2D eigenvalue weighted by molar-refractivity contribution is 6.25. The van der Waals surface area contributed by atoms with Crippen LogP contribution in [0.3, 0.4) is 0 Å². The predicted octanol–water partition coefficient (Wildman–Crippen LogP) is 7.01. The standard InChI is InChI=1S/C24H17F/c1-14-12-19(25)13-15(2)22(14)20-10-9-18-7-6-16-4-3-5-17-8-11-21(20)24(18)23(16)17/h3-13H,1-2H3. The fraction of sp³-hybridized carbons (Fsp3) is 0.0833. The van der Waals surface area contributed by atoms with E-state index in [2.05, 4.69) is 54.6 Å². The van der Waals surface area contributed by atoms with Crippen LogP contribution in [0, 0.1) is 19.7 Å². The Hall–Kier alpha value is -2.93. The Labute approximate surface area is 145 Å². The van der Waals surface area contributed by atoms with Gasteiger partial charge in [-0.2, -0.15) is 0 Å². The van der Waals surface area contributed by atoms with Gasteiger partial charge in [0.2, 0.25) is 0 Å². The highest BCUT2D eigenvalue weighted by Gasteiger charge is 2.14. The third kappa shape index (κ3) is 1.99. The molecule has 0 heterocycles. The van der Waals surface area contributed by atoms with Crippen molar-refractivity contribution in [2.75, 3.05) is 0 Å². The van der Waals surface area contributed by atoms with Gasteiger partial charge in [0, 0.05) is 0 Å². The van der Waals surface area contributed by atoms with Crippen LogP contribution in [0.2, 0.25) is 0 Å². The summed E-state index contributed by atoms with van der Waals surface area (Å²) >= 11 is 0. The minimum atomic E-state index is -0.170. The number of hydrogen-bond acceptors (Lipinski definition) is 0. The van der Waals surface area contributed by atoms with E-state index in [1.54, 1.807) is 12.1 Å². The Morgan fingerprint density at radius 1 is 0.640 bits per heavy atom. The van der Waals surface area contributed by atoms with Gasteiger partial charge >= 0.3 is 0 Å². The summed E-state index contributed by atoms with van der Waals surface area (Å²) in [6.07, 6.45) is 0. The summed E-state index contributed by atoms with van der Waals surface area (Å²) in [5.41, 5.74) is 4.28. The van der Waals surface area contributed by atoms with Crippen molar-refractivity contribution in [1.82, 2.24) is 0 Å². The Morgan fingerprint density at radius 2 is 1.20 bits per heavy atom. The molecule has 0 unspecified atom stereocenters. The van der Waals surface area contributed by atoms with Crippen molar-refractivity contribution >= 4 is 32.3 Å². The summed E-state index contributed by atoms with van der Waals surface area (Å²) in [6.45, 7) is 3.98. The van der Waals surface area contributed by atoms with Crippen LogP contribution in [0.1, 0.15) is 11.1 Å². The maximum absolute atomic E-state index is 13.8. The van der Waals surface area contributed by atoms with Crippen molar-refractivity contribution in [3.05, 3.63) is 83.7 Å². The first-order valence-electron chi connectivity index (χ1n) is 8.57. The molecule has 0 saturated heterocycles. The lowest BCUT2D eigenvalue weighted by atomic mass is 9.87. The molecule has 5 aromatic carbocycles. The number of halogens is 1. The molecule has 0 aliphatic heterocycles. The van der Waals surface area contributed by atoms with Gasteiger partial charge in [-0.1, -0.05) is 54.6 Å². The Kier molecular flexibility index (Phi) is 2.90. The minimum absolute atomic E-state index is 0.170. The van der Waals surface area contributed by atoms with Crippen molar-refractivity contribution in [3.63, 3.8) is 0 Å². The lowest BCUT2D eigenvalue weighted by Gasteiger charge is -2.17. The van der Waals surface area contributed by atoms with Gasteiger partial charge in [-0.15, -0.1) is 0 Å². The van der Waals surface area contributed by atoms with Crippen LogP contribution in [0.15, 0.2) is 66.7 Å². The lowest BCUT2D eigenvalue weighted by molar-refractivity contribution is 0.625. The van der Waals surface area contributed by atoms with Crippen LogP contribution >= 0.6 is 0 Å². The summed E-state index contributed by atoms with van der Waals surface area (Å²) in [4.78, 5) is 0. The number of hydrogen-bond donors (Lipinski definition) is 0. The molecule has 120 valence electrons. The van der Waals surface area contributed by atoms with Gasteiger partial charge in [0.05, 0.1) is 0 Å². The minimum Gasteiger partial charge on any atom is -0.207 e. The number of aryl methyl sites for hydroxylation is 2. The first-order chi connectivity index (χ1) is 12.1. The van der Waals surface area contributed by atoms with Gasteiger partial charge in [-0.3, -0.25) is 0 Å². The number of rotatable bonds is 1. The molecule has 5 rings (SSSR count). The molecule has 5 aromatic rings. The summed E-state index contributed by atoms with van der Waals surface area (Å²) < 4.78 is 13.8. The summed E-state index contributed by atoms with van der Waals surface area (Å²) in [6, 6.07) is 22.9. The van der Waals surface area contributed by atoms with Crippen LogP contribution in [-0.4, -0.2) is 0 Å². The van der Waals surface area contributed by atoms with E-state index in [4.69, 9.17) is 0 Å². The van der Waals surface area contributed by atoms with Crippen LogP contribution in [-0.2, 0) is 0 Å². The number of benzene rings is 5. The molecule has 1 heteroatoms. The van der Waals surface area contributed by atoms with E-state index in [9.17, 15) is 4.39 Å². The van der Waals surface area contributed by atoms with Crippen molar-refractivity contribution in [2.45, 2.75) is 13.8 Å². The molecule has 0 radical (unpaired) electrons. The predicted molar refractivity (Wildman–Crippen MR) is 105 cm³/mol. The average Bonchev–Trinajstić information content (AvgIpc) is 2.60. The molecule has 0 fully saturated rings. The van der Waals surface area contributed by atoms with Gasteiger partial charge in [-0.25, -0.2) is 4.39 Å². The van der Waals surface area contributed by atoms with Crippen molar-refractivity contribution in [1.29, 1.82) is 0 Å². The SMILES string of the molecule is Cc1cc(F)cc(C)c1-c1ccc2ccc3cccc4ccc1c2c34.